The number of allylic oxidation sites excluding steroid dienone is 2. The van der Waals surface area contributed by atoms with Crippen molar-refractivity contribution in [3.8, 4) is 0 Å². The van der Waals surface area contributed by atoms with Crippen LogP contribution < -0.4 is 10.2 Å². The van der Waals surface area contributed by atoms with Gasteiger partial charge in [0.15, 0.2) is 0 Å². The lowest BCUT2D eigenvalue weighted by Crippen LogP contribution is -2.26. The number of rotatable bonds is 4. The second-order valence-electron chi connectivity index (χ2n) is 5.97. The highest BCUT2D eigenvalue weighted by molar-refractivity contribution is 6.39. The minimum atomic E-state index is 0.386. The Morgan fingerprint density at radius 1 is 0.893 bits per heavy atom. The minimum Gasteiger partial charge on any atom is -0.370 e. The van der Waals surface area contributed by atoms with Crippen molar-refractivity contribution in [2.24, 2.45) is 0 Å². The van der Waals surface area contributed by atoms with Gasteiger partial charge in [0, 0.05) is 18.8 Å². The number of benzene rings is 2. The zero-order valence-electron chi connectivity index (χ0n) is 17.6. The zero-order valence-corrected chi connectivity index (χ0v) is 20.6. The monoisotopic (exact) mass is 462 g/mol. The fraction of sp³-hybridized carbons (Fsp3) is 0.364. The third-order valence-corrected chi connectivity index (χ3v) is 5.02. The van der Waals surface area contributed by atoms with Gasteiger partial charge in [-0.15, -0.1) is 0 Å². The molecular weight excluding hydrogens is 434 g/mol. The van der Waals surface area contributed by atoms with E-state index < -0.39 is 0 Å². The van der Waals surface area contributed by atoms with Crippen LogP contribution >= 0.6 is 46.4 Å². The standard InChI is InChI=1S/C10H13Cl2N.C10H11Cl2N.C2H6/c1-7(2)13(3)10-8(11)5-4-6-9(10)12;1-3-7(2)13-10-8(11)5-4-6-9(10)12;1-2/h4-7H,1-3H3;3-6,13H,1-2H3;1-2H3/b;7-3-;. The molecule has 28 heavy (non-hydrogen) atoms. The molecule has 0 aliphatic rings. The smallest absolute Gasteiger partial charge is 0.0760 e. The topological polar surface area (TPSA) is 15.3 Å². The van der Waals surface area contributed by atoms with Gasteiger partial charge in [-0.05, 0) is 52.0 Å². The number of halogens is 4. The maximum absolute atomic E-state index is 6.04. The van der Waals surface area contributed by atoms with Crippen LogP contribution in [0.15, 0.2) is 48.2 Å². The van der Waals surface area contributed by atoms with Crippen molar-refractivity contribution in [1.29, 1.82) is 0 Å². The summed E-state index contributed by atoms with van der Waals surface area (Å²) in [5.41, 5.74) is 2.69. The number of nitrogens with zero attached hydrogens (tertiary/aromatic N) is 1. The first-order valence-electron chi connectivity index (χ1n) is 9.19. The van der Waals surface area contributed by atoms with Gasteiger partial charge in [0.1, 0.15) is 0 Å². The van der Waals surface area contributed by atoms with Gasteiger partial charge >= 0.3 is 0 Å². The first-order valence-corrected chi connectivity index (χ1v) is 10.7. The van der Waals surface area contributed by atoms with Gasteiger partial charge in [-0.2, -0.15) is 0 Å². The van der Waals surface area contributed by atoms with Gasteiger partial charge in [0.25, 0.3) is 0 Å². The molecule has 0 fully saturated rings. The molecule has 0 bridgehead atoms. The molecule has 0 aromatic heterocycles. The maximum atomic E-state index is 6.04. The second kappa shape index (κ2) is 14.0. The first-order chi connectivity index (χ1) is 13.2. The van der Waals surface area contributed by atoms with E-state index in [0.717, 1.165) is 17.1 Å². The molecule has 0 atom stereocenters. The lowest BCUT2D eigenvalue weighted by Gasteiger charge is -2.25. The summed E-state index contributed by atoms with van der Waals surface area (Å²) >= 11 is 24.0. The van der Waals surface area contributed by atoms with E-state index in [4.69, 9.17) is 46.4 Å². The summed E-state index contributed by atoms with van der Waals surface area (Å²) in [7, 11) is 1.98. The molecule has 0 saturated carbocycles. The van der Waals surface area contributed by atoms with Gasteiger partial charge in [0.05, 0.1) is 31.5 Å². The van der Waals surface area contributed by atoms with Crippen LogP contribution in [0.2, 0.25) is 20.1 Å². The maximum Gasteiger partial charge on any atom is 0.0760 e. The number of nitrogens with one attached hydrogen (secondary N) is 1. The van der Waals surface area contributed by atoms with E-state index in [-0.39, 0.29) is 0 Å². The van der Waals surface area contributed by atoms with Crippen LogP contribution in [-0.4, -0.2) is 13.1 Å². The Labute approximate surface area is 190 Å². The van der Waals surface area contributed by atoms with E-state index in [9.17, 15) is 0 Å². The lowest BCUT2D eigenvalue weighted by atomic mass is 10.2. The number of hydrogen-bond acceptors (Lipinski definition) is 2. The van der Waals surface area contributed by atoms with E-state index in [0.29, 0.717) is 26.1 Å². The second-order valence-corrected chi connectivity index (χ2v) is 7.60. The van der Waals surface area contributed by atoms with Gasteiger partial charge in [0.2, 0.25) is 0 Å². The van der Waals surface area contributed by atoms with Crippen LogP contribution in [0.4, 0.5) is 11.4 Å². The number of para-hydroxylation sites is 2. The van der Waals surface area contributed by atoms with Crippen molar-refractivity contribution >= 4 is 57.8 Å². The lowest BCUT2D eigenvalue weighted by molar-refractivity contribution is 0.755. The highest BCUT2D eigenvalue weighted by Gasteiger charge is 2.12. The summed E-state index contributed by atoms with van der Waals surface area (Å²) in [6.45, 7) is 12.1. The van der Waals surface area contributed by atoms with Crippen LogP contribution in [0.3, 0.4) is 0 Å². The third-order valence-electron chi connectivity index (χ3n) is 3.78. The summed E-state index contributed by atoms with van der Waals surface area (Å²) in [6.07, 6.45) is 1.96. The Bertz CT molecular complexity index is 718. The Morgan fingerprint density at radius 2 is 1.29 bits per heavy atom. The van der Waals surface area contributed by atoms with Crippen molar-refractivity contribution in [2.45, 2.75) is 47.6 Å². The molecule has 156 valence electrons. The van der Waals surface area contributed by atoms with Gasteiger partial charge < -0.3 is 10.2 Å². The largest absolute Gasteiger partial charge is 0.370 e. The van der Waals surface area contributed by atoms with Gasteiger partial charge in [-0.3, -0.25) is 0 Å². The highest BCUT2D eigenvalue weighted by atomic mass is 35.5. The van der Waals surface area contributed by atoms with E-state index in [1.165, 1.54) is 0 Å². The van der Waals surface area contributed by atoms with E-state index in [1.54, 1.807) is 12.1 Å². The quantitative estimate of drug-likeness (QED) is 0.485. The van der Waals surface area contributed by atoms with Crippen molar-refractivity contribution in [3.05, 3.63) is 68.3 Å². The fourth-order valence-corrected chi connectivity index (χ4v) is 3.13. The van der Waals surface area contributed by atoms with Gasteiger partial charge in [-0.25, -0.2) is 0 Å². The molecule has 0 unspecified atom stereocenters. The summed E-state index contributed by atoms with van der Waals surface area (Å²) < 4.78 is 0. The SMILES string of the molecule is C/C=C(/C)Nc1c(Cl)cccc1Cl.CC.CC(C)N(C)c1c(Cl)cccc1Cl. The molecule has 2 nitrogen and oxygen atoms in total. The summed E-state index contributed by atoms with van der Waals surface area (Å²) in [5.74, 6) is 0. The third kappa shape index (κ3) is 8.53. The zero-order chi connectivity index (χ0) is 21.9. The van der Waals surface area contributed by atoms with E-state index in [1.807, 2.05) is 65.1 Å². The molecule has 0 amide bonds. The molecule has 1 N–H and O–H groups in total. The summed E-state index contributed by atoms with van der Waals surface area (Å²) in [5, 5.41) is 5.79. The summed E-state index contributed by atoms with van der Waals surface area (Å²) in [6, 6.07) is 11.4. The molecule has 0 spiro atoms. The Morgan fingerprint density at radius 3 is 1.64 bits per heavy atom. The average molecular weight is 464 g/mol. The molecule has 6 heteroatoms. The van der Waals surface area contributed by atoms with Crippen molar-refractivity contribution in [1.82, 2.24) is 0 Å². The molecule has 0 aliphatic heterocycles. The number of anilines is 2. The molecule has 0 radical (unpaired) electrons. The van der Waals surface area contributed by atoms with E-state index in [2.05, 4.69) is 24.1 Å². The Kier molecular flexibility index (Phi) is 13.5. The fourth-order valence-electron chi connectivity index (χ4n) is 1.97. The molecule has 2 rings (SSSR count). The highest BCUT2D eigenvalue weighted by Crippen LogP contribution is 2.33. The molecule has 0 heterocycles. The molecule has 2 aromatic carbocycles. The normalized spacial score (nSPS) is 10.5. The van der Waals surface area contributed by atoms with Crippen LogP contribution in [0.25, 0.3) is 0 Å². The predicted octanol–water partition coefficient (Wildman–Crippen LogP) is 9.19. The summed E-state index contributed by atoms with van der Waals surface area (Å²) in [4.78, 5) is 2.06. The van der Waals surface area contributed by atoms with Crippen LogP contribution in [0.5, 0.6) is 0 Å². The van der Waals surface area contributed by atoms with Crippen molar-refractivity contribution in [2.75, 3.05) is 17.3 Å². The Hall–Kier alpha value is -1.06. The van der Waals surface area contributed by atoms with Crippen molar-refractivity contribution < 1.29 is 0 Å². The Balaban J connectivity index is 0.000000478. The molecule has 0 saturated heterocycles. The average Bonchev–Trinajstić information content (AvgIpc) is 2.66. The minimum absolute atomic E-state index is 0.386. The molecular formula is C22H30Cl4N2. The van der Waals surface area contributed by atoms with Gasteiger partial charge in [-0.1, -0.05) is 78.5 Å². The van der Waals surface area contributed by atoms with Crippen LogP contribution in [0, 0.1) is 0 Å². The van der Waals surface area contributed by atoms with Crippen LogP contribution in [-0.2, 0) is 0 Å². The molecule has 0 aliphatic carbocycles. The first kappa shape index (κ1) is 26.9. The van der Waals surface area contributed by atoms with E-state index >= 15 is 0 Å². The number of hydrogen-bond donors (Lipinski definition) is 1. The molecule has 2 aromatic rings. The van der Waals surface area contributed by atoms with Crippen LogP contribution in [0.1, 0.15) is 41.5 Å². The predicted molar refractivity (Wildman–Crippen MR) is 131 cm³/mol. The van der Waals surface area contributed by atoms with Crippen molar-refractivity contribution in [3.63, 3.8) is 0 Å².